The van der Waals surface area contributed by atoms with E-state index in [-0.39, 0.29) is 19.1 Å². The van der Waals surface area contributed by atoms with Crippen LogP contribution in [0.5, 0.6) is 0 Å². The molecule has 1 heterocycles. The van der Waals surface area contributed by atoms with Crippen molar-refractivity contribution in [3.05, 3.63) is 35.9 Å². The van der Waals surface area contributed by atoms with Gasteiger partial charge in [-0.15, -0.1) is 0 Å². The molecule has 0 aromatic heterocycles. The fraction of sp³-hybridized carbons (Fsp3) is 0.588. The van der Waals surface area contributed by atoms with Gasteiger partial charge in [0.25, 0.3) is 5.91 Å². The van der Waals surface area contributed by atoms with Gasteiger partial charge in [0.1, 0.15) is 0 Å². The molecule has 1 aliphatic heterocycles. The summed E-state index contributed by atoms with van der Waals surface area (Å²) in [6.45, 7) is 3.88. The molecular weight excluding hydrogens is 280 g/mol. The van der Waals surface area contributed by atoms with Crippen LogP contribution in [0.3, 0.4) is 0 Å². The third kappa shape index (κ3) is 4.80. The van der Waals surface area contributed by atoms with Gasteiger partial charge in [-0.3, -0.25) is 9.69 Å². The van der Waals surface area contributed by atoms with E-state index in [2.05, 4.69) is 4.90 Å². The number of aliphatic hydroxyl groups is 2. The lowest BCUT2D eigenvalue weighted by Gasteiger charge is -2.34. The van der Waals surface area contributed by atoms with Crippen LogP contribution in [-0.4, -0.2) is 71.9 Å². The molecule has 122 valence electrons. The van der Waals surface area contributed by atoms with Gasteiger partial charge in [-0.2, -0.15) is 0 Å². The predicted octanol–water partition coefficient (Wildman–Crippen LogP) is 0.825. The first-order valence-corrected chi connectivity index (χ1v) is 8.03. The number of benzene rings is 1. The maximum Gasteiger partial charge on any atom is 0.253 e. The highest BCUT2D eigenvalue weighted by atomic mass is 16.3. The summed E-state index contributed by atoms with van der Waals surface area (Å²) in [7, 11) is 0. The zero-order chi connectivity index (χ0) is 15.8. The minimum Gasteiger partial charge on any atom is -0.395 e. The van der Waals surface area contributed by atoms with Crippen LogP contribution in [0.1, 0.15) is 23.2 Å². The summed E-state index contributed by atoms with van der Waals surface area (Å²) in [5.74, 6) is 0.638. The second-order valence-electron chi connectivity index (χ2n) is 5.85. The molecule has 1 aliphatic rings. The Morgan fingerprint density at radius 3 is 2.23 bits per heavy atom. The second kappa shape index (κ2) is 8.88. The molecule has 0 saturated carbocycles. The zero-order valence-corrected chi connectivity index (χ0v) is 13.0. The van der Waals surface area contributed by atoms with Crippen LogP contribution in [0.2, 0.25) is 0 Å². The predicted molar refractivity (Wildman–Crippen MR) is 85.7 cm³/mol. The van der Waals surface area contributed by atoms with Crippen molar-refractivity contribution in [3.8, 4) is 0 Å². The van der Waals surface area contributed by atoms with Crippen molar-refractivity contribution in [2.24, 2.45) is 5.92 Å². The lowest BCUT2D eigenvalue weighted by molar-refractivity contribution is 0.0653. The maximum absolute atomic E-state index is 12.4. The largest absolute Gasteiger partial charge is 0.395 e. The number of hydrogen-bond donors (Lipinski definition) is 2. The number of nitrogens with zero attached hydrogens (tertiary/aromatic N) is 2. The van der Waals surface area contributed by atoms with Gasteiger partial charge in [-0.25, -0.2) is 0 Å². The van der Waals surface area contributed by atoms with E-state index in [1.807, 2.05) is 35.2 Å². The van der Waals surface area contributed by atoms with Crippen LogP contribution in [0.15, 0.2) is 30.3 Å². The Morgan fingerprint density at radius 2 is 1.68 bits per heavy atom. The standard InChI is InChI=1S/C17H26N2O3/c20-12-10-18(11-13-21)14-15-6-8-19(9-7-15)17(22)16-4-2-1-3-5-16/h1-5,15,20-21H,6-14H2. The molecule has 1 amide bonds. The van der Waals surface area contributed by atoms with Gasteiger partial charge in [0.05, 0.1) is 13.2 Å². The van der Waals surface area contributed by atoms with Gasteiger partial charge in [-0.1, -0.05) is 18.2 Å². The minimum absolute atomic E-state index is 0.113. The van der Waals surface area contributed by atoms with E-state index in [1.54, 1.807) is 0 Å². The normalized spacial score (nSPS) is 16.2. The molecule has 0 spiro atoms. The van der Waals surface area contributed by atoms with E-state index in [0.717, 1.165) is 38.0 Å². The van der Waals surface area contributed by atoms with Gasteiger partial charge in [0.15, 0.2) is 0 Å². The summed E-state index contributed by atoms with van der Waals surface area (Å²) in [4.78, 5) is 16.4. The monoisotopic (exact) mass is 306 g/mol. The van der Waals surface area contributed by atoms with Crippen molar-refractivity contribution in [1.29, 1.82) is 0 Å². The van der Waals surface area contributed by atoms with Gasteiger partial charge in [0, 0.05) is 38.3 Å². The molecule has 0 radical (unpaired) electrons. The number of carbonyl (C=O) groups excluding carboxylic acids is 1. The average Bonchev–Trinajstić information content (AvgIpc) is 2.56. The number of carbonyl (C=O) groups is 1. The molecule has 0 atom stereocenters. The first-order chi connectivity index (χ1) is 10.7. The molecule has 0 aliphatic carbocycles. The van der Waals surface area contributed by atoms with E-state index in [9.17, 15) is 4.79 Å². The molecule has 5 heteroatoms. The molecular formula is C17H26N2O3. The van der Waals surface area contributed by atoms with Crippen molar-refractivity contribution in [2.75, 3.05) is 45.9 Å². The fourth-order valence-electron chi connectivity index (χ4n) is 3.02. The van der Waals surface area contributed by atoms with Crippen LogP contribution in [-0.2, 0) is 0 Å². The van der Waals surface area contributed by atoms with E-state index in [1.165, 1.54) is 0 Å². The average molecular weight is 306 g/mol. The van der Waals surface area contributed by atoms with Crippen LogP contribution in [0.25, 0.3) is 0 Å². The lowest BCUT2D eigenvalue weighted by Crippen LogP contribution is -2.42. The van der Waals surface area contributed by atoms with Crippen molar-refractivity contribution < 1.29 is 15.0 Å². The summed E-state index contributed by atoms with van der Waals surface area (Å²) in [5.41, 5.74) is 0.753. The highest BCUT2D eigenvalue weighted by molar-refractivity contribution is 5.94. The number of aliphatic hydroxyl groups excluding tert-OH is 2. The van der Waals surface area contributed by atoms with Crippen molar-refractivity contribution >= 4 is 5.91 Å². The molecule has 1 fully saturated rings. The molecule has 1 aromatic carbocycles. The van der Waals surface area contributed by atoms with E-state index in [0.29, 0.717) is 19.0 Å². The number of amides is 1. The molecule has 1 saturated heterocycles. The zero-order valence-electron chi connectivity index (χ0n) is 13.0. The van der Waals surface area contributed by atoms with Crippen LogP contribution >= 0.6 is 0 Å². The van der Waals surface area contributed by atoms with Gasteiger partial charge in [0.2, 0.25) is 0 Å². The number of rotatable bonds is 7. The summed E-state index contributed by atoms with van der Waals surface area (Å²) >= 11 is 0. The summed E-state index contributed by atoms with van der Waals surface area (Å²) in [6.07, 6.45) is 1.96. The Morgan fingerprint density at radius 1 is 1.09 bits per heavy atom. The Hall–Kier alpha value is -1.43. The smallest absolute Gasteiger partial charge is 0.253 e. The maximum atomic E-state index is 12.4. The number of piperidine rings is 1. The Labute approximate surface area is 132 Å². The third-order valence-corrected chi connectivity index (χ3v) is 4.27. The Kier molecular flexibility index (Phi) is 6.83. The van der Waals surface area contributed by atoms with E-state index in [4.69, 9.17) is 10.2 Å². The highest BCUT2D eigenvalue weighted by Gasteiger charge is 2.24. The summed E-state index contributed by atoms with van der Waals surface area (Å²) in [5, 5.41) is 18.1. The third-order valence-electron chi connectivity index (χ3n) is 4.27. The molecule has 5 nitrogen and oxygen atoms in total. The number of likely N-dealkylation sites (tertiary alicyclic amines) is 1. The number of hydrogen-bond acceptors (Lipinski definition) is 4. The second-order valence-corrected chi connectivity index (χ2v) is 5.85. The minimum atomic E-state index is 0.113. The van der Waals surface area contributed by atoms with Crippen LogP contribution in [0, 0.1) is 5.92 Å². The lowest BCUT2D eigenvalue weighted by atomic mass is 9.95. The molecule has 2 N–H and O–H groups in total. The molecule has 22 heavy (non-hydrogen) atoms. The quantitative estimate of drug-likeness (QED) is 0.783. The first kappa shape index (κ1) is 16.9. The topological polar surface area (TPSA) is 64.0 Å². The van der Waals surface area contributed by atoms with E-state index < -0.39 is 0 Å². The fourth-order valence-corrected chi connectivity index (χ4v) is 3.02. The summed E-state index contributed by atoms with van der Waals surface area (Å²) < 4.78 is 0. The SMILES string of the molecule is O=C(c1ccccc1)N1CCC(CN(CCO)CCO)CC1. The Balaban J connectivity index is 1.81. The molecule has 2 rings (SSSR count). The van der Waals surface area contributed by atoms with Crippen LogP contribution < -0.4 is 0 Å². The molecule has 1 aromatic rings. The van der Waals surface area contributed by atoms with Crippen molar-refractivity contribution in [3.63, 3.8) is 0 Å². The summed E-state index contributed by atoms with van der Waals surface area (Å²) in [6, 6.07) is 9.42. The molecule has 0 bridgehead atoms. The Bertz CT molecular complexity index is 438. The van der Waals surface area contributed by atoms with Gasteiger partial charge < -0.3 is 15.1 Å². The molecule has 0 unspecified atom stereocenters. The van der Waals surface area contributed by atoms with Gasteiger partial charge in [-0.05, 0) is 30.9 Å². The van der Waals surface area contributed by atoms with Crippen molar-refractivity contribution in [2.45, 2.75) is 12.8 Å². The van der Waals surface area contributed by atoms with E-state index >= 15 is 0 Å². The highest BCUT2D eigenvalue weighted by Crippen LogP contribution is 2.20. The van der Waals surface area contributed by atoms with Gasteiger partial charge >= 0.3 is 0 Å². The van der Waals surface area contributed by atoms with Crippen molar-refractivity contribution in [1.82, 2.24) is 9.80 Å². The first-order valence-electron chi connectivity index (χ1n) is 8.03. The van der Waals surface area contributed by atoms with Crippen LogP contribution in [0.4, 0.5) is 0 Å².